The second-order valence-electron chi connectivity index (χ2n) is 9.42. The highest BCUT2D eigenvalue weighted by atomic mass is 128. The SMILES string of the molecule is Fc1ccc(-n2c3c(n(-c4ccc(F)cc4)c2=S)-c2c(n(-c4ccc(F)cc4)c(=S)n2-c2ccc(F)cc2)SSSS3)cc1.II. The Bertz CT molecular complexity index is 1990. The van der Waals surface area contributed by atoms with Gasteiger partial charge < -0.3 is 0 Å². The third-order valence-corrected chi connectivity index (χ3v) is 13.6. The smallest absolute Gasteiger partial charge is 0.190 e. The van der Waals surface area contributed by atoms with Crippen LogP contribution in [-0.2, 0) is 0 Å². The van der Waals surface area contributed by atoms with Crippen molar-refractivity contribution in [1.82, 2.24) is 18.3 Å². The van der Waals surface area contributed by atoms with Crippen molar-refractivity contribution < 1.29 is 17.6 Å². The minimum atomic E-state index is -0.407. The van der Waals surface area contributed by atoms with Gasteiger partial charge in [0.25, 0.3) is 0 Å². The summed E-state index contributed by atoms with van der Waals surface area (Å²) in [7, 11) is 5.93. The lowest BCUT2D eigenvalue weighted by molar-refractivity contribution is 0.626. The Hall–Kier alpha value is -1.68. The van der Waals surface area contributed by atoms with E-state index in [0.717, 1.165) is 0 Å². The summed E-state index contributed by atoms with van der Waals surface area (Å²) >= 11 is 16.4. The van der Waals surface area contributed by atoms with E-state index in [4.69, 9.17) is 24.4 Å². The largest absolute Gasteiger partial charge is 0.282 e. The second-order valence-corrected chi connectivity index (χ2v) is 15.8. The van der Waals surface area contributed by atoms with Crippen LogP contribution in [0.3, 0.4) is 0 Å². The molecule has 1 aliphatic rings. The molecule has 6 aromatic rings. The van der Waals surface area contributed by atoms with Crippen LogP contribution in [0.5, 0.6) is 0 Å². The molecule has 0 radical (unpaired) electrons. The van der Waals surface area contributed by atoms with Crippen LogP contribution in [-0.4, -0.2) is 18.3 Å². The Kier molecular flexibility index (Phi) is 11.0. The van der Waals surface area contributed by atoms with Crippen molar-refractivity contribution in [2.45, 2.75) is 10.1 Å². The van der Waals surface area contributed by atoms with Crippen molar-refractivity contribution in [3.05, 3.63) is 130 Å². The summed E-state index contributed by atoms with van der Waals surface area (Å²) in [5.41, 5.74) is 3.73. The van der Waals surface area contributed by atoms with Gasteiger partial charge in [-0.05, 0) is 163 Å². The van der Waals surface area contributed by atoms with Gasteiger partial charge in [0, 0.05) is 60.0 Å². The van der Waals surface area contributed by atoms with Gasteiger partial charge >= 0.3 is 0 Å². The van der Waals surface area contributed by atoms with E-state index < -0.39 is 23.3 Å². The van der Waals surface area contributed by atoms with E-state index in [0.29, 0.717) is 53.7 Å². The third kappa shape index (κ3) is 6.51. The highest BCUT2D eigenvalue weighted by Gasteiger charge is 2.33. The number of imidazole rings is 2. The van der Waals surface area contributed by atoms with Crippen molar-refractivity contribution in [1.29, 1.82) is 0 Å². The fourth-order valence-corrected chi connectivity index (χ4v) is 11.7. The molecule has 0 unspecified atom stereocenters. The topological polar surface area (TPSA) is 19.7 Å². The van der Waals surface area contributed by atoms with Crippen LogP contribution in [0.2, 0.25) is 0 Å². The Morgan fingerprint density at radius 1 is 0.413 bits per heavy atom. The number of benzene rings is 4. The number of halogens is 6. The molecule has 1 aliphatic heterocycles. The zero-order valence-electron chi connectivity index (χ0n) is 22.7. The molecule has 0 fully saturated rings. The molecule has 4 aromatic carbocycles. The Labute approximate surface area is 309 Å². The molecule has 2 aromatic heterocycles. The van der Waals surface area contributed by atoms with Crippen LogP contribution in [0.4, 0.5) is 17.6 Å². The maximum Gasteiger partial charge on any atom is 0.190 e. The van der Waals surface area contributed by atoms with Crippen LogP contribution >= 0.6 is 103 Å². The molecule has 0 N–H and O–H groups in total. The van der Waals surface area contributed by atoms with E-state index in [-0.39, 0.29) is 0 Å². The van der Waals surface area contributed by atoms with Crippen molar-refractivity contribution in [3.8, 4) is 34.1 Å². The van der Waals surface area contributed by atoms with E-state index in [1.807, 2.05) is 18.3 Å². The van der Waals surface area contributed by atoms with Crippen LogP contribution in [0.1, 0.15) is 0 Å². The lowest BCUT2D eigenvalue weighted by atomic mass is 10.2. The third-order valence-electron chi connectivity index (χ3n) is 6.84. The van der Waals surface area contributed by atoms with Gasteiger partial charge in [-0.15, -0.1) is 0 Å². The monoisotopic (exact) mass is 954 g/mol. The van der Waals surface area contributed by atoms with Crippen molar-refractivity contribution in [2.75, 3.05) is 0 Å². The molecule has 0 saturated heterocycles. The lowest BCUT2D eigenvalue weighted by Crippen LogP contribution is -2.04. The Morgan fingerprint density at radius 2 is 0.652 bits per heavy atom. The molecular formula is C30H16F4I2N4S6. The summed E-state index contributed by atoms with van der Waals surface area (Å²) < 4.78 is 64.4. The highest BCUT2D eigenvalue weighted by molar-refractivity contribution is 15.0. The summed E-state index contributed by atoms with van der Waals surface area (Å²) in [6.45, 7) is 0. The predicted molar refractivity (Wildman–Crippen MR) is 206 cm³/mol. The second kappa shape index (κ2) is 14.8. The Balaban J connectivity index is 0.00000182. The average molecular weight is 955 g/mol. The zero-order chi connectivity index (χ0) is 32.5. The number of rotatable bonds is 4. The molecule has 0 aliphatic carbocycles. The Morgan fingerprint density at radius 3 is 0.913 bits per heavy atom. The number of fused-ring (bicyclic) bond motifs is 3. The first-order valence-corrected chi connectivity index (χ1v) is 24.9. The van der Waals surface area contributed by atoms with Gasteiger partial charge in [0.2, 0.25) is 0 Å². The molecule has 0 spiro atoms. The molecule has 3 heterocycles. The fraction of sp³-hybridized carbons (Fsp3) is 0. The molecule has 0 atom stereocenters. The molecular weight excluding hydrogens is 939 g/mol. The number of nitrogens with zero attached hydrogens (tertiary/aromatic N) is 4. The number of hydrogen-bond acceptors (Lipinski definition) is 6. The zero-order valence-corrected chi connectivity index (χ0v) is 32.0. The van der Waals surface area contributed by atoms with Gasteiger partial charge in [-0.3, -0.25) is 18.3 Å². The van der Waals surface area contributed by atoms with E-state index in [9.17, 15) is 17.6 Å². The van der Waals surface area contributed by atoms with Crippen LogP contribution in [0, 0.1) is 32.8 Å². The molecule has 0 amide bonds. The molecule has 234 valence electrons. The standard InChI is InChI=1S/C30H16F4N4S6.I2/c31-17-1-9-21(10-2-17)35-25-26-28(42-44-43-41-27(25)37(29(35)39)23-13-5-19(33)6-14-23)38(24-15-7-20(34)8-16-24)30(40)36(26)22-11-3-18(32)4-12-22;1-2/h1-16H;. The summed E-state index contributed by atoms with van der Waals surface area (Å²) in [4.78, 5) is 0. The summed E-state index contributed by atoms with van der Waals surface area (Å²) in [6.07, 6.45) is 0. The van der Waals surface area contributed by atoms with Crippen molar-refractivity contribution in [2.24, 2.45) is 0 Å². The first-order chi connectivity index (χ1) is 22.3. The minimum absolute atomic E-state index is 0.357. The van der Waals surface area contributed by atoms with Crippen molar-refractivity contribution in [3.63, 3.8) is 0 Å². The molecule has 16 heteroatoms. The summed E-state index contributed by atoms with van der Waals surface area (Å²) in [5, 5.41) is 1.43. The molecule has 46 heavy (non-hydrogen) atoms. The van der Waals surface area contributed by atoms with Crippen molar-refractivity contribution >= 4 is 103 Å². The van der Waals surface area contributed by atoms with Gasteiger partial charge in [-0.1, -0.05) is 0 Å². The fourth-order valence-electron chi connectivity index (χ4n) is 4.92. The summed E-state index contributed by atoms with van der Waals surface area (Å²) in [5.74, 6) is -1.59. The number of hydrogen-bond donors (Lipinski definition) is 0. The lowest BCUT2D eigenvalue weighted by Gasteiger charge is -2.17. The maximum absolute atomic E-state index is 14.1. The average Bonchev–Trinajstić information content (AvgIpc) is 3.49. The molecule has 7 rings (SSSR count). The maximum atomic E-state index is 14.1. The predicted octanol–water partition coefficient (Wildman–Crippen LogP) is 12.7. The van der Waals surface area contributed by atoms with Gasteiger partial charge in [-0.2, -0.15) is 0 Å². The number of aromatic nitrogens is 4. The highest BCUT2D eigenvalue weighted by Crippen LogP contribution is 2.58. The molecule has 0 bridgehead atoms. The van der Waals surface area contributed by atoms with Crippen LogP contribution < -0.4 is 0 Å². The van der Waals surface area contributed by atoms with E-state index in [1.54, 1.807) is 48.5 Å². The normalized spacial score (nSPS) is 12.4. The van der Waals surface area contributed by atoms with Gasteiger partial charge in [-0.25, -0.2) is 17.6 Å². The van der Waals surface area contributed by atoms with Crippen LogP contribution in [0.15, 0.2) is 107 Å². The molecule has 0 saturated carbocycles. The van der Waals surface area contributed by atoms with E-state index in [2.05, 4.69) is 37.2 Å². The van der Waals surface area contributed by atoms with Gasteiger partial charge in [0.15, 0.2) is 9.54 Å². The first-order valence-electron chi connectivity index (χ1n) is 12.9. The van der Waals surface area contributed by atoms with Gasteiger partial charge in [0.05, 0.1) is 0 Å². The summed E-state index contributed by atoms with van der Waals surface area (Å²) in [6, 6.07) is 24.0. The minimum Gasteiger partial charge on any atom is -0.282 e. The van der Waals surface area contributed by atoms with E-state index in [1.165, 1.54) is 89.8 Å². The van der Waals surface area contributed by atoms with Gasteiger partial charge in [0.1, 0.15) is 44.7 Å². The quantitative estimate of drug-likeness (QED) is 0.0754. The molecule has 4 nitrogen and oxygen atoms in total. The first kappa shape index (κ1) is 34.2. The van der Waals surface area contributed by atoms with E-state index >= 15 is 0 Å². The van der Waals surface area contributed by atoms with Crippen LogP contribution in [0.25, 0.3) is 34.1 Å².